The van der Waals surface area contributed by atoms with E-state index in [4.69, 9.17) is 4.74 Å². The lowest BCUT2D eigenvalue weighted by Gasteiger charge is -2.26. The average molecular weight is 289 g/mol. The molecule has 0 amide bonds. The van der Waals surface area contributed by atoms with Gasteiger partial charge in [-0.1, -0.05) is 34.1 Å². The molecule has 0 heterocycles. The molecule has 0 spiro atoms. The highest BCUT2D eigenvalue weighted by Crippen LogP contribution is 2.49. The molecule has 0 bridgehead atoms. The highest BCUT2D eigenvalue weighted by molar-refractivity contribution is 9.10. The van der Waals surface area contributed by atoms with Crippen LogP contribution in [0.25, 0.3) is 22.3 Å². The third-order valence-electron chi connectivity index (χ3n) is 3.01. The molecule has 0 radical (unpaired) electrons. The first-order valence-corrected chi connectivity index (χ1v) is 6.03. The van der Waals surface area contributed by atoms with Gasteiger partial charge in [0.25, 0.3) is 0 Å². The molecule has 2 nitrogen and oxygen atoms in total. The number of carbonyl (C=O) groups is 1. The van der Waals surface area contributed by atoms with Crippen LogP contribution in [0.15, 0.2) is 40.9 Å². The summed E-state index contributed by atoms with van der Waals surface area (Å²) in [7, 11) is 1.41. The first-order chi connectivity index (χ1) is 8.22. The van der Waals surface area contributed by atoms with Crippen molar-refractivity contribution in [1.29, 1.82) is 0 Å². The smallest absolute Gasteiger partial charge is 0.338 e. The number of carbonyl (C=O) groups excluding carboxylic acids is 1. The molecule has 3 rings (SSSR count). The third-order valence-corrected chi connectivity index (χ3v) is 3.50. The minimum atomic E-state index is -0.282. The number of hydrogen-bond acceptors (Lipinski definition) is 2. The predicted molar refractivity (Wildman–Crippen MR) is 69.9 cm³/mol. The Morgan fingerprint density at radius 1 is 1.12 bits per heavy atom. The number of hydrogen-bond donors (Lipinski definition) is 0. The van der Waals surface area contributed by atoms with Crippen LogP contribution in [-0.2, 0) is 4.74 Å². The van der Waals surface area contributed by atoms with Gasteiger partial charge in [0, 0.05) is 10.0 Å². The summed E-state index contributed by atoms with van der Waals surface area (Å²) in [5.74, 6) is -0.282. The van der Waals surface area contributed by atoms with Crippen LogP contribution < -0.4 is 0 Å². The lowest BCUT2D eigenvalue weighted by molar-refractivity contribution is 0.0601. The van der Waals surface area contributed by atoms with Crippen LogP contribution in [0.5, 0.6) is 0 Å². The summed E-state index contributed by atoms with van der Waals surface area (Å²) >= 11 is 3.45. The highest BCUT2D eigenvalue weighted by atomic mass is 79.9. The minimum Gasteiger partial charge on any atom is -0.465 e. The molecular weight excluding hydrogens is 280 g/mol. The van der Waals surface area contributed by atoms with Crippen molar-refractivity contribution in [1.82, 2.24) is 0 Å². The van der Waals surface area contributed by atoms with Gasteiger partial charge in [0.05, 0.1) is 12.7 Å². The predicted octanol–water partition coefficient (Wildman–Crippen LogP) is 3.88. The van der Waals surface area contributed by atoms with Crippen molar-refractivity contribution in [3.63, 3.8) is 0 Å². The molecule has 1 aliphatic carbocycles. The largest absolute Gasteiger partial charge is 0.465 e. The Hall–Kier alpha value is -1.61. The SMILES string of the molecule is COC(=O)c1cccc2c1-c1ccc(Br)cc1-2. The van der Waals surface area contributed by atoms with E-state index >= 15 is 0 Å². The number of methoxy groups -OCH3 is 1. The maximum Gasteiger partial charge on any atom is 0.338 e. The van der Waals surface area contributed by atoms with Crippen molar-refractivity contribution >= 4 is 21.9 Å². The molecule has 3 heteroatoms. The summed E-state index contributed by atoms with van der Waals surface area (Å²) in [6, 6.07) is 11.8. The molecule has 0 saturated carbocycles. The topological polar surface area (TPSA) is 26.3 Å². The molecule has 2 aromatic carbocycles. The summed E-state index contributed by atoms with van der Waals surface area (Å²) in [4.78, 5) is 11.7. The maximum atomic E-state index is 11.7. The molecule has 0 N–H and O–H groups in total. The monoisotopic (exact) mass is 288 g/mol. The summed E-state index contributed by atoms with van der Waals surface area (Å²) in [6.45, 7) is 0. The summed E-state index contributed by atoms with van der Waals surface area (Å²) in [5.41, 5.74) is 5.05. The molecule has 0 fully saturated rings. The zero-order valence-electron chi connectivity index (χ0n) is 9.16. The fourth-order valence-corrected chi connectivity index (χ4v) is 2.60. The molecule has 17 heavy (non-hydrogen) atoms. The Bertz CT molecular complexity index is 632. The normalized spacial score (nSPS) is 11.2. The summed E-state index contributed by atoms with van der Waals surface area (Å²) in [5, 5.41) is 0. The Morgan fingerprint density at radius 2 is 1.94 bits per heavy atom. The van der Waals surface area contributed by atoms with E-state index in [1.165, 1.54) is 12.7 Å². The second kappa shape index (κ2) is 3.70. The van der Waals surface area contributed by atoms with Crippen molar-refractivity contribution in [2.45, 2.75) is 0 Å². The van der Waals surface area contributed by atoms with Crippen LogP contribution >= 0.6 is 15.9 Å². The van der Waals surface area contributed by atoms with E-state index in [-0.39, 0.29) is 5.97 Å². The molecule has 1 aliphatic rings. The Morgan fingerprint density at radius 3 is 2.71 bits per heavy atom. The van der Waals surface area contributed by atoms with Gasteiger partial charge in [-0.05, 0) is 34.9 Å². The van der Waals surface area contributed by atoms with Crippen LogP contribution in [0.1, 0.15) is 10.4 Å². The number of rotatable bonds is 1. The van der Waals surface area contributed by atoms with Crippen molar-refractivity contribution in [2.75, 3.05) is 7.11 Å². The molecule has 2 aromatic rings. The zero-order chi connectivity index (χ0) is 12.0. The van der Waals surface area contributed by atoms with Crippen molar-refractivity contribution in [2.24, 2.45) is 0 Å². The number of ether oxygens (including phenoxy) is 1. The van der Waals surface area contributed by atoms with Gasteiger partial charge in [0.15, 0.2) is 0 Å². The van der Waals surface area contributed by atoms with E-state index in [0.29, 0.717) is 5.56 Å². The van der Waals surface area contributed by atoms with Gasteiger partial charge in [-0.15, -0.1) is 0 Å². The van der Waals surface area contributed by atoms with Gasteiger partial charge in [0.2, 0.25) is 0 Å². The first-order valence-electron chi connectivity index (χ1n) is 5.24. The van der Waals surface area contributed by atoms with Crippen LogP contribution in [0.4, 0.5) is 0 Å². The van der Waals surface area contributed by atoms with E-state index in [2.05, 4.69) is 22.0 Å². The first kappa shape index (κ1) is 10.5. The lowest BCUT2D eigenvalue weighted by atomic mass is 9.78. The maximum absolute atomic E-state index is 11.7. The Kier molecular flexibility index (Phi) is 2.30. The van der Waals surface area contributed by atoms with Gasteiger partial charge in [-0.2, -0.15) is 0 Å². The van der Waals surface area contributed by atoms with E-state index < -0.39 is 0 Å². The van der Waals surface area contributed by atoms with E-state index in [9.17, 15) is 4.79 Å². The van der Waals surface area contributed by atoms with Gasteiger partial charge in [-0.3, -0.25) is 0 Å². The van der Waals surface area contributed by atoms with Gasteiger partial charge >= 0.3 is 5.97 Å². The number of esters is 1. The van der Waals surface area contributed by atoms with Crippen LogP contribution in [0.3, 0.4) is 0 Å². The van der Waals surface area contributed by atoms with Crippen LogP contribution in [0.2, 0.25) is 0 Å². The molecular formula is C14H9BrO2. The van der Waals surface area contributed by atoms with Gasteiger partial charge in [0.1, 0.15) is 0 Å². The van der Waals surface area contributed by atoms with E-state index in [0.717, 1.165) is 21.2 Å². The van der Waals surface area contributed by atoms with Gasteiger partial charge in [-0.25, -0.2) is 4.79 Å². The fraction of sp³-hybridized carbons (Fsp3) is 0.0714. The van der Waals surface area contributed by atoms with E-state index in [1.807, 2.05) is 24.3 Å². The fourth-order valence-electron chi connectivity index (χ4n) is 2.24. The number of fused-ring (bicyclic) bond motifs is 4. The van der Waals surface area contributed by atoms with Gasteiger partial charge < -0.3 is 4.74 Å². The van der Waals surface area contributed by atoms with Crippen LogP contribution in [-0.4, -0.2) is 13.1 Å². The third kappa shape index (κ3) is 1.42. The van der Waals surface area contributed by atoms with Crippen molar-refractivity contribution in [3.05, 3.63) is 46.4 Å². The summed E-state index contributed by atoms with van der Waals surface area (Å²) < 4.78 is 5.84. The zero-order valence-corrected chi connectivity index (χ0v) is 10.7. The van der Waals surface area contributed by atoms with Crippen LogP contribution in [0, 0.1) is 0 Å². The molecule has 0 aliphatic heterocycles. The lowest BCUT2D eigenvalue weighted by Crippen LogP contribution is -2.09. The molecule has 0 atom stereocenters. The minimum absolute atomic E-state index is 0.282. The standard InChI is InChI=1S/C14H9BrO2/c1-17-14(16)11-4-2-3-9-12-7-8(15)5-6-10(12)13(9)11/h2-7H,1H3. The summed E-state index contributed by atoms with van der Waals surface area (Å²) in [6.07, 6.45) is 0. The quantitative estimate of drug-likeness (QED) is 0.635. The molecule has 0 unspecified atom stereocenters. The Labute approximate surface area is 107 Å². The molecule has 0 aromatic heterocycles. The second-order valence-corrected chi connectivity index (χ2v) is 4.83. The number of benzene rings is 2. The average Bonchev–Trinajstić information content (AvgIpc) is 2.35. The van der Waals surface area contributed by atoms with Crippen molar-refractivity contribution < 1.29 is 9.53 Å². The number of halogens is 1. The van der Waals surface area contributed by atoms with Crippen molar-refractivity contribution in [3.8, 4) is 22.3 Å². The molecule has 0 saturated heterocycles. The van der Waals surface area contributed by atoms with E-state index in [1.54, 1.807) is 6.07 Å². The Balaban J connectivity index is 2.20. The second-order valence-electron chi connectivity index (χ2n) is 3.91. The highest BCUT2D eigenvalue weighted by Gasteiger charge is 2.27. The molecule has 84 valence electrons.